The summed E-state index contributed by atoms with van der Waals surface area (Å²) >= 11 is 1.32. The van der Waals surface area contributed by atoms with Gasteiger partial charge in [-0.25, -0.2) is 0 Å². The SMILES string of the molecule is COC(=O)CSc1ccc(C)cc1C#N. The second-order valence-electron chi connectivity index (χ2n) is 2.98. The van der Waals surface area contributed by atoms with Crippen molar-refractivity contribution in [1.29, 1.82) is 5.26 Å². The van der Waals surface area contributed by atoms with Crippen molar-refractivity contribution in [1.82, 2.24) is 0 Å². The first kappa shape index (κ1) is 11.6. The third-order valence-corrected chi connectivity index (χ3v) is 2.88. The molecule has 0 atom stereocenters. The molecule has 0 spiro atoms. The zero-order valence-electron chi connectivity index (χ0n) is 8.61. The van der Waals surface area contributed by atoms with E-state index in [4.69, 9.17) is 5.26 Å². The molecule has 0 aliphatic rings. The van der Waals surface area contributed by atoms with Crippen molar-refractivity contribution >= 4 is 17.7 Å². The lowest BCUT2D eigenvalue weighted by atomic mass is 10.2. The van der Waals surface area contributed by atoms with Gasteiger partial charge in [-0.05, 0) is 24.6 Å². The summed E-state index contributed by atoms with van der Waals surface area (Å²) in [5.41, 5.74) is 1.64. The number of aryl methyl sites for hydroxylation is 1. The minimum absolute atomic E-state index is 0.230. The molecule has 0 unspecified atom stereocenters. The van der Waals surface area contributed by atoms with Crippen LogP contribution >= 0.6 is 11.8 Å². The van der Waals surface area contributed by atoms with Gasteiger partial charge in [0, 0.05) is 4.90 Å². The number of methoxy groups -OCH3 is 1. The Bertz CT molecular complexity index is 410. The van der Waals surface area contributed by atoms with Crippen LogP contribution in [0.3, 0.4) is 0 Å². The summed E-state index contributed by atoms with van der Waals surface area (Å²) in [5.74, 6) is -0.0571. The number of carbonyl (C=O) groups is 1. The number of thioether (sulfide) groups is 1. The molecule has 0 N–H and O–H groups in total. The van der Waals surface area contributed by atoms with E-state index in [1.165, 1.54) is 18.9 Å². The molecule has 0 aromatic heterocycles. The molecule has 4 heteroatoms. The van der Waals surface area contributed by atoms with Gasteiger partial charge in [-0.15, -0.1) is 11.8 Å². The Morgan fingerprint density at radius 1 is 1.60 bits per heavy atom. The number of benzene rings is 1. The van der Waals surface area contributed by atoms with Gasteiger partial charge >= 0.3 is 5.97 Å². The van der Waals surface area contributed by atoms with E-state index in [2.05, 4.69) is 10.8 Å². The monoisotopic (exact) mass is 221 g/mol. The van der Waals surface area contributed by atoms with Crippen molar-refractivity contribution in [2.75, 3.05) is 12.9 Å². The maximum absolute atomic E-state index is 10.9. The van der Waals surface area contributed by atoms with Gasteiger partial charge in [0.1, 0.15) is 6.07 Å². The Morgan fingerprint density at radius 3 is 2.93 bits per heavy atom. The average molecular weight is 221 g/mol. The Labute approximate surface area is 93.0 Å². The molecule has 15 heavy (non-hydrogen) atoms. The van der Waals surface area contributed by atoms with E-state index < -0.39 is 0 Å². The third-order valence-electron chi connectivity index (χ3n) is 1.83. The molecule has 0 aliphatic carbocycles. The third kappa shape index (κ3) is 3.30. The predicted octanol–water partition coefficient (Wildman–Crippen LogP) is 2.13. The second kappa shape index (κ2) is 5.42. The van der Waals surface area contributed by atoms with Gasteiger partial charge in [0.05, 0.1) is 18.4 Å². The number of hydrogen-bond acceptors (Lipinski definition) is 4. The molecule has 78 valence electrons. The topological polar surface area (TPSA) is 50.1 Å². The van der Waals surface area contributed by atoms with Crippen molar-refractivity contribution < 1.29 is 9.53 Å². The molecule has 0 bridgehead atoms. The van der Waals surface area contributed by atoms with Gasteiger partial charge in [0.15, 0.2) is 0 Å². The fourth-order valence-corrected chi connectivity index (χ4v) is 1.87. The lowest BCUT2D eigenvalue weighted by Crippen LogP contribution is -2.03. The standard InChI is InChI=1S/C11H11NO2S/c1-8-3-4-10(9(5-8)6-12)15-7-11(13)14-2/h3-5H,7H2,1-2H3. The highest BCUT2D eigenvalue weighted by Crippen LogP contribution is 2.23. The summed E-state index contributed by atoms with van der Waals surface area (Å²) in [6.45, 7) is 1.93. The Kier molecular flexibility index (Phi) is 4.19. The van der Waals surface area contributed by atoms with E-state index >= 15 is 0 Å². The summed E-state index contributed by atoms with van der Waals surface area (Å²) in [4.78, 5) is 11.7. The molecule has 0 amide bonds. The first-order valence-corrected chi connectivity index (χ1v) is 5.36. The zero-order chi connectivity index (χ0) is 11.3. The normalized spacial score (nSPS) is 9.40. The highest BCUT2D eigenvalue weighted by atomic mass is 32.2. The van der Waals surface area contributed by atoms with Crippen LogP contribution in [0.15, 0.2) is 23.1 Å². The minimum atomic E-state index is -0.288. The van der Waals surface area contributed by atoms with Crippen molar-refractivity contribution in [3.05, 3.63) is 29.3 Å². The van der Waals surface area contributed by atoms with Crippen molar-refractivity contribution in [3.63, 3.8) is 0 Å². The summed E-state index contributed by atoms with van der Waals surface area (Å²) in [5, 5.41) is 8.89. The summed E-state index contributed by atoms with van der Waals surface area (Å²) in [7, 11) is 1.35. The summed E-state index contributed by atoms with van der Waals surface area (Å²) in [6, 6.07) is 7.68. The fraction of sp³-hybridized carbons (Fsp3) is 0.273. The highest BCUT2D eigenvalue weighted by Gasteiger charge is 2.06. The van der Waals surface area contributed by atoms with Gasteiger partial charge in [0.2, 0.25) is 0 Å². The number of nitriles is 1. The van der Waals surface area contributed by atoms with Crippen molar-refractivity contribution in [2.45, 2.75) is 11.8 Å². The lowest BCUT2D eigenvalue weighted by Gasteiger charge is -2.03. The van der Waals surface area contributed by atoms with Crippen LogP contribution in [0.25, 0.3) is 0 Å². The van der Waals surface area contributed by atoms with E-state index in [1.54, 1.807) is 6.07 Å². The smallest absolute Gasteiger partial charge is 0.315 e. The van der Waals surface area contributed by atoms with E-state index in [0.717, 1.165) is 10.5 Å². The number of esters is 1. The van der Waals surface area contributed by atoms with Crippen LogP contribution in [-0.4, -0.2) is 18.8 Å². The number of rotatable bonds is 3. The largest absolute Gasteiger partial charge is 0.468 e. The van der Waals surface area contributed by atoms with Crippen molar-refractivity contribution in [2.24, 2.45) is 0 Å². The molecule has 0 heterocycles. The van der Waals surface area contributed by atoms with Gasteiger partial charge < -0.3 is 4.74 Å². The summed E-state index contributed by atoms with van der Waals surface area (Å²) < 4.78 is 4.53. The Hall–Kier alpha value is -1.47. The summed E-state index contributed by atoms with van der Waals surface area (Å²) in [6.07, 6.45) is 0. The van der Waals surface area contributed by atoms with E-state index in [1.807, 2.05) is 19.1 Å². The predicted molar refractivity (Wildman–Crippen MR) is 58.6 cm³/mol. The lowest BCUT2D eigenvalue weighted by molar-refractivity contribution is -0.137. The molecular formula is C11H11NO2S. The zero-order valence-corrected chi connectivity index (χ0v) is 9.43. The van der Waals surface area contributed by atoms with Gasteiger partial charge in [-0.1, -0.05) is 6.07 Å². The van der Waals surface area contributed by atoms with Crippen molar-refractivity contribution in [3.8, 4) is 6.07 Å². The van der Waals surface area contributed by atoms with Gasteiger partial charge in [-0.2, -0.15) is 5.26 Å². The van der Waals surface area contributed by atoms with E-state index in [0.29, 0.717) is 5.56 Å². The number of ether oxygens (including phenoxy) is 1. The molecule has 1 aromatic rings. The maximum atomic E-state index is 10.9. The molecule has 1 aromatic carbocycles. The fourth-order valence-electron chi connectivity index (χ4n) is 1.05. The molecule has 0 radical (unpaired) electrons. The average Bonchev–Trinajstić information content (AvgIpc) is 2.26. The highest BCUT2D eigenvalue weighted by molar-refractivity contribution is 8.00. The minimum Gasteiger partial charge on any atom is -0.468 e. The van der Waals surface area contributed by atoms with Crippen LogP contribution < -0.4 is 0 Å². The maximum Gasteiger partial charge on any atom is 0.315 e. The first-order chi connectivity index (χ1) is 7.17. The Morgan fingerprint density at radius 2 is 2.33 bits per heavy atom. The molecule has 0 fully saturated rings. The molecular weight excluding hydrogens is 210 g/mol. The van der Waals surface area contributed by atoms with Crippen LogP contribution in [0, 0.1) is 18.3 Å². The second-order valence-corrected chi connectivity index (χ2v) is 3.99. The van der Waals surface area contributed by atoms with Crippen LogP contribution in [0.4, 0.5) is 0 Å². The molecule has 0 saturated carbocycles. The van der Waals surface area contributed by atoms with Crippen LogP contribution in [-0.2, 0) is 9.53 Å². The number of hydrogen-bond donors (Lipinski definition) is 0. The number of carbonyl (C=O) groups excluding carboxylic acids is 1. The molecule has 0 saturated heterocycles. The van der Waals surface area contributed by atoms with Crippen LogP contribution in [0.2, 0.25) is 0 Å². The van der Waals surface area contributed by atoms with Gasteiger partial charge in [-0.3, -0.25) is 4.79 Å². The van der Waals surface area contributed by atoms with Crippen LogP contribution in [0.5, 0.6) is 0 Å². The molecule has 3 nitrogen and oxygen atoms in total. The molecule has 0 aliphatic heterocycles. The van der Waals surface area contributed by atoms with E-state index in [9.17, 15) is 4.79 Å². The van der Waals surface area contributed by atoms with E-state index in [-0.39, 0.29) is 11.7 Å². The quantitative estimate of drug-likeness (QED) is 0.579. The van der Waals surface area contributed by atoms with Crippen LogP contribution in [0.1, 0.15) is 11.1 Å². The molecule has 1 rings (SSSR count). The Balaban J connectivity index is 2.77. The van der Waals surface area contributed by atoms with Gasteiger partial charge in [0.25, 0.3) is 0 Å². The first-order valence-electron chi connectivity index (χ1n) is 4.37. The number of nitrogens with zero attached hydrogens (tertiary/aromatic N) is 1.